The maximum Gasteiger partial charge on any atom is 0.227 e. The zero-order valence-corrected chi connectivity index (χ0v) is 9.54. The van der Waals surface area contributed by atoms with Crippen LogP contribution in [-0.4, -0.2) is 15.0 Å². The van der Waals surface area contributed by atoms with E-state index in [0.29, 0.717) is 17.3 Å². The van der Waals surface area contributed by atoms with Crippen molar-refractivity contribution in [2.75, 3.05) is 5.32 Å². The number of thiocarbonyl (C=S) groups is 1. The molecule has 4 nitrogen and oxygen atoms in total. The lowest BCUT2D eigenvalue weighted by atomic mass is 10.3. The first-order chi connectivity index (χ1) is 8.15. The van der Waals surface area contributed by atoms with Crippen LogP contribution in [0.5, 0.6) is 0 Å². The molecule has 1 aromatic carbocycles. The van der Waals surface area contributed by atoms with Crippen LogP contribution in [-0.2, 0) is 0 Å². The number of hydrogen-bond donors (Lipinski definition) is 2. The van der Waals surface area contributed by atoms with E-state index in [1.165, 1.54) is 18.3 Å². The molecule has 2 rings (SSSR count). The molecular formula is C11H9FN4S. The second-order valence-corrected chi connectivity index (χ2v) is 3.70. The number of aromatic nitrogens is 2. The first-order valence-corrected chi connectivity index (χ1v) is 5.21. The Kier molecular flexibility index (Phi) is 3.24. The molecule has 0 amide bonds. The van der Waals surface area contributed by atoms with E-state index >= 15 is 0 Å². The van der Waals surface area contributed by atoms with Crippen LogP contribution in [0.25, 0.3) is 0 Å². The fourth-order valence-corrected chi connectivity index (χ4v) is 1.37. The Morgan fingerprint density at radius 2 is 2.18 bits per heavy atom. The third-order valence-electron chi connectivity index (χ3n) is 1.99. The average Bonchev–Trinajstić information content (AvgIpc) is 2.29. The molecule has 3 N–H and O–H groups in total. The summed E-state index contributed by atoms with van der Waals surface area (Å²) in [6, 6.07) is 7.61. The summed E-state index contributed by atoms with van der Waals surface area (Å²) in [7, 11) is 0. The Balaban J connectivity index is 2.24. The van der Waals surface area contributed by atoms with E-state index in [2.05, 4.69) is 15.3 Å². The maximum atomic E-state index is 13.0. The van der Waals surface area contributed by atoms with E-state index in [1.807, 2.05) is 0 Å². The van der Waals surface area contributed by atoms with Gasteiger partial charge in [-0.25, -0.2) is 14.4 Å². The second-order valence-electron chi connectivity index (χ2n) is 3.27. The summed E-state index contributed by atoms with van der Waals surface area (Å²) in [5, 5.41) is 2.86. The Labute approximate surface area is 103 Å². The molecule has 0 fully saturated rings. The van der Waals surface area contributed by atoms with Gasteiger partial charge in [-0.15, -0.1) is 0 Å². The van der Waals surface area contributed by atoms with Gasteiger partial charge in [0.1, 0.15) is 16.5 Å². The molecule has 86 valence electrons. The lowest BCUT2D eigenvalue weighted by Crippen LogP contribution is -2.12. The molecule has 1 aromatic heterocycles. The molecule has 17 heavy (non-hydrogen) atoms. The van der Waals surface area contributed by atoms with E-state index in [9.17, 15) is 4.39 Å². The van der Waals surface area contributed by atoms with Crippen molar-refractivity contribution >= 4 is 28.8 Å². The number of halogens is 1. The fraction of sp³-hybridized carbons (Fsp3) is 0. The largest absolute Gasteiger partial charge is 0.388 e. The van der Waals surface area contributed by atoms with Crippen molar-refractivity contribution in [2.45, 2.75) is 0 Å². The predicted molar refractivity (Wildman–Crippen MR) is 67.6 cm³/mol. The molecule has 0 aliphatic rings. The normalized spacial score (nSPS) is 9.94. The number of benzene rings is 1. The average molecular weight is 248 g/mol. The van der Waals surface area contributed by atoms with Gasteiger partial charge in [-0.2, -0.15) is 0 Å². The van der Waals surface area contributed by atoms with Crippen LogP contribution in [0.2, 0.25) is 0 Å². The van der Waals surface area contributed by atoms with Crippen molar-refractivity contribution < 1.29 is 4.39 Å². The molecule has 0 spiro atoms. The number of nitrogens with one attached hydrogen (secondary N) is 1. The smallest absolute Gasteiger partial charge is 0.227 e. The fourth-order valence-electron chi connectivity index (χ4n) is 1.25. The minimum atomic E-state index is -0.333. The highest BCUT2D eigenvalue weighted by Crippen LogP contribution is 2.13. The van der Waals surface area contributed by atoms with Crippen LogP contribution in [0.4, 0.5) is 16.0 Å². The Morgan fingerprint density at radius 3 is 2.88 bits per heavy atom. The molecule has 0 aliphatic carbocycles. The summed E-state index contributed by atoms with van der Waals surface area (Å²) in [5.41, 5.74) is 6.48. The zero-order chi connectivity index (χ0) is 12.3. The lowest BCUT2D eigenvalue weighted by molar-refractivity contribution is 0.628. The molecular weight excluding hydrogens is 239 g/mol. The van der Waals surface area contributed by atoms with Gasteiger partial charge in [0.05, 0.1) is 0 Å². The van der Waals surface area contributed by atoms with Crippen LogP contribution in [0, 0.1) is 5.82 Å². The predicted octanol–water partition coefficient (Wildman–Crippen LogP) is 1.99. The molecule has 0 aliphatic heterocycles. The number of nitrogens with zero attached hydrogens (tertiary/aromatic N) is 2. The summed E-state index contributed by atoms with van der Waals surface area (Å²) >= 11 is 4.81. The molecule has 0 bridgehead atoms. The molecule has 0 radical (unpaired) electrons. The Bertz CT molecular complexity index is 559. The van der Waals surface area contributed by atoms with Crippen LogP contribution in [0.1, 0.15) is 5.69 Å². The number of anilines is 2. The highest BCUT2D eigenvalue weighted by Gasteiger charge is 2.02. The van der Waals surface area contributed by atoms with Crippen molar-refractivity contribution in [3.8, 4) is 0 Å². The van der Waals surface area contributed by atoms with Gasteiger partial charge in [-0.05, 0) is 24.3 Å². The van der Waals surface area contributed by atoms with E-state index in [1.54, 1.807) is 18.2 Å². The van der Waals surface area contributed by atoms with Crippen molar-refractivity contribution in [3.63, 3.8) is 0 Å². The molecule has 0 saturated heterocycles. The molecule has 0 saturated carbocycles. The zero-order valence-electron chi connectivity index (χ0n) is 8.72. The van der Waals surface area contributed by atoms with Gasteiger partial charge in [-0.3, -0.25) is 0 Å². The molecule has 2 aromatic rings. The number of hydrogen-bond acceptors (Lipinski definition) is 4. The summed E-state index contributed by atoms with van der Waals surface area (Å²) in [6.45, 7) is 0. The topological polar surface area (TPSA) is 63.8 Å². The number of nitrogens with two attached hydrogens (primary N) is 1. The Morgan fingerprint density at radius 1 is 1.35 bits per heavy atom. The van der Waals surface area contributed by atoms with Crippen LogP contribution in [0.3, 0.4) is 0 Å². The Hall–Kier alpha value is -2.08. The highest BCUT2D eigenvalue weighted by molar-refractivity contribution is 7.80. The van der Waals surface area contributed by atoms with Gasteiger partial charge in [0, 0.05) is 11.9 Å². The SMILES string of the molecule is NC(=S)c1ccnc(Nc2cccc(F)c2)n1. The molecule has 0 atom stereocenters. The van der Waals surface area contributed by atoms with Gasteiger partial charge < -0.3 is 11.1 Å². The lowest BCUT2D eigenvalue weighted by Gasteiger charge is -2.05. The molecule has 0 unspecified atom stereocenters. The monoisotopic (exact) mass is 248 g/mol. The summed E-state index contributed by atoms with van der Waals surface area (Å²) in [6.07, 6.45) is 1.53. The summed E-state index contributed by atoms with van der Waals surface area (Å²) < 4.78 is 13.0. The third kappa shape index (κ3) is 2.94. The van der Waals surface area contributed by atoms with E-state index < -0.39 is 0 Å². The van der Waals surface area contributed by atoms with E-state index in [0.717, 1.165) is 0 Å². The van der Waals surface area contributed by atoms with E-state index in [-0.39, 0.29) is 10.8 Å². The van der Waals surface area contributed by atoms with Gasteiger partial charge in [-0.1, -0.05) is 18.3 Å². The van der Waals surface area contributed by atoms with Crippen LogP contribution < -0.4 is 11.1 Å². The number of rotatable bonds is 3. The second kappa shape index (κ2) is 4.84. The van der Waals surface area contributed by atoms with Gasteiger partial charge in [0.25, 0.3) is 0 Å². The van der Waals surface area contributed by atoms with Crippen molar-refractivity contribution in [3.05, 3.63) is 48.0 Å². The van der Waals surface area contributed by atoms with Gasteiger partial charge in [0.15, 0.2) is 0 Å². The van der Waals surface area contributed by atoms with Crippen molar-refractivity contribution in [1.82, 2.24) is 9.97 Å². The molecule has 6 heteroatoms. The van der Waals surface area contributed by atoms with Gasteiger partial charge in [0.2, 0.25) is 5.95 Å². The highest BCUT2D eigenvalue weighted by atomic mass is 32.1. The minimum absolute atomic E-state index is 0.190. The summed E-state index contributed by atoms with van der Waals surface area (Å²) in [5.74, 6) is -0.0126. The van der Waals surface area contributed by atoms with Gasteiger partial charge >= 0.3 is 0 Å². The first kappa shape index (κ1) is 11.4. The molecule has 1 heterocycles. The maximum absolute atomic E-state index is 13.0. The van der Waals surface area contributed by atoms with Crippen molar-refractivity contribution in [2.24, 2.45) is 5.73 Å². The van der Waals surface area contributed by atoms with Crippen LogP contribution in [0.15, 0.2) is 36.5 Å². The minimum Gasteiger partial charge on any atom is -0.388 e. The van der Waals surface area contributed by atoms with Crippen LogP contribution >= 0.6 is 12.2 Å². The first-order valence-electron chi connectivity index (χ1n) is 4.80. The summed E-state index contributed by atoms with van der Waals surface area (Å²) in [4.78, 5) is 8.26. The standard InChI is InChI=1S/C11H9FN4S/c12-7-2-1-3-8(6-7)15-11-14-5-4-9(16-11)10(13)17/h1-6H,(H2,13,17)(H,14,15,16). The van der Waals surface area contributed by atoms with Crippen molar-refractivity contribution in [1.29, 1.82) is 0 Å². The van der Waals surface area contributed by atoms with E-state index in [4.69, 9.17) is 18.0 Å². The quantitative estimate of drug-likeness (QED) is 0.813. The third-order valence-corrected chi connectivity index (χ3v) is 2.20.